The summed E-state index contributed by atoms with van der Waals surface area (Å²) in [5.41, 5.74) is 1.29. The van der Waals surface area contributed by atoms with Crippen molar-refractivity contribution in [1.82, 2.24) is 9.55 Å². The Hall–Kier alpha value is -1.37. The molecule has 0 aliphatic carbocycles. The van der Waals surface area contributed by atoms with Crippen molar-refractivity contribution in [3.8, 4) is 5.75 Å². The molecule has 1 aromatic heterocycles. The fourth-order valence-electron chi connectivity index (χ4n) is 2.22. The molecule has 1 unspecified atom stereocenters. The highest BCUT2D eigenvalue weighted by atomic mass is 35.5. The topological polar surface area (TPSA) is 45.5 Å². The molecule has 7 heteroatoms. The number of alkyl halides is 1. The zero-order chi connectivity index (χ0) is 15.4. The monoisotopic (exact) mass is 316 g/mol. The van der Waals surface area contributed by atoms with Crippen LogP contribution in [0.4, 0.5) is 4.39 Å². The van der Waals surface area contributed by atoms with Crippen LogP contribution in [0, 0.1) is 5.82 Å². The van der Waals surface area contributed by atoms with E-state index in [4.69, 9.17) is 25.8 Å². The number of methoxy groups -OCH3 is 3. The maximum atomic E-state index is 13.8. The van der Waals surface area contributed by atoms with Crippen LogP contribution in [0.3, 0.4) is 0 Å². The van der Waals surface area contributed by atoms with E-state index in [1.807, 2.05) is 4.57 Å². The molecule has 0 aliphatic heterocycles. The Morgan fingerprint density at radius 1 is 1.33 bits per heavy atom. The van der Waals surface area contributed by atoms with Gasteiger partial charge in [0.25, 0.3) is 0 Å². The summed E-state index contributed by atoms with van der Waals surface area (Å²) in [6.45, 7) is 0.952. The maximum Gasteiger partial charge on any atom is 0.167 e. The number of hydrogen-bond acceptors (Lipinski definition) is 4. The van der Waals surface area contributed by atoms with Crippen LogP contribution in [0.1, 0.15) is 5.82 Å². The molecule has 21 heavy (non-hydrogen) atoms. The number of hydrogen-bond donors (Lipinski definition) is 0. The van der Waals surface area contributed by atoms with Crippen molar-refractivity contribution >= 4 is 22.6 Å². The van der Waals surface area contributed by atoms with Gasteiger partial charge in [0.05, 0.1) is 43.3 Å². The molecule has 0 saturated carbocycles. The van der Waals surface area contributed by atoms with Gasteiger partial charge in [-0.05, 0) is 0 Å². The average Bonchev–Trinajstić information content (AvgIpc) is 2.82. The molecule has 1 atom stereocenters. The van der Waals surface area contributed by atoms with Gasteiger partial charge in [-0.2, -0.15) is 0 Å². The van der Waals surface area contributed by atoms with Gasteiger partial charge in [-0.25, -0.2) is 9.37 Å². The van der Waals surface area contributed by atoms with Crippen LogP contribution >= 0.6 is 11.6 Å². The smallest absolute Gasteiger partial charge is 0.167 e. The molecule has 1 aromatic carbocycles. The molecule has 2 rings (SSSR count). The molecule has 2 aromatic rings. The van der Waals surface area contributed by atoms with Crippen LogP contribution in [0.15, 0.2) is 12.1 Å². The molecular weight excluding hydrogens is 299 g/mol. The third-order valence-electron chi connectivity index (χ3n) is 3.29. The van der Waals surface area contributed by atoms with Gasteiger partial charge in [0.1, 0.15) is 5.82 Å². The number of benzene rings is 1. The Labute approximate surface area is 127 Å². The standard InChI is InChI=1S/C14H18ClFN2O3/c1-19-8-9(20-2)7-18-12-5-13(21-3)10(16)4-11(12)17-14(18)6-15/h4-5,9H,6-8H2,1-3H3. The second-order valence-corrected chi connectivity index (χ2v) is 4.83. The van der Waals surface area contributed by atoms with Crippen molar-refractivity contribution in [2.24, 2.45) is 0 Å². The molecular formula is C14H18ClFN2O3. The Bertz CT molecular complexity index is 618. The zero-order valence-electron chi connectivity index (χ0n) is 12.2. The minimum atomic E-state index is -0.448. The van der Waals surface area contributed by atoms with E-state index < -0.39 is 5.82 Å². The molecule has 0 spiro atoms. The lowest BCUT2D eigenvalue weighted by Gasteiger charge is -2.17. The van der Waals surface area contributed by atoms with E-state index in [0.717, 1.165) is 5.52 Å². The second kappa shape index (κ2) is 7.06. The Morgan fingerprint density at radius 3 is 2.67 bits per heavy atom. The summed E-state index contributed by atoms with van der Waals surface area (Å²) in [7, 11) is 4.65. The van der Waals surface area contributed by atoms with Crippen LogP contribution in [-0.2, 0) is 21.9 Å². The van der Waals surface area contributed by atoms with Gasteiger partial charge in [-0.1, -0.05) is 0 Å². The Morgan fingerprint density at radius 2 is 2.10 bits per heavy atom. The van der Waals surface area contributed by atoms with E-state index in [1.165, 1.54) is 13.2 Å². The van der Waals surface area contributed by atoms with Gasteiger partial charge >= 0.3 is 0 Å². The number of aromatic nitrogens is 2. The lowest BCUT2D eigenvalue weighted by atomic mass is 10.2. The van der Waals surface area contributed by atoms with Crippen molar-refractivity contribution in [2.75, 3.05) is 27.9 Å². The van der Waals surface area contributed by atoms with Crippen molar-refractivity contribution in [2.45, 2.75) is 18.5 Å². The molecule has 0 N–H and O–H groups in total. The fourth-order valence-corrected chi connectivity index (χ4v) is 2.43. The predicted octanol–water partition coefficient (Wildman–Crippen LogP) is 2.58. The predicted molar refractivity (Wildman–Crippen MR) is 78.5 cm³/mol. The Kier molecular flexibility index (Phi) is 5.39. The first kappa shape index (κ1) is 16.0. The van der Waals surface area contributed by atoms with E-state index in [1.54, 1.807) is 20.3 Å². The summed E-state index contributed by atoms with van der Waals surface area (Å²) in [6.07, 6.45) is -0.148. The summed E-state index contributed by atoms with van der Waals surface area (Å²) in [5, 5.41) is 0. The number of nitrogens with zero attached hydrogens (tertiary/aromatic N) is 2. The molecule has 0 radical (unpaired) electrons. The minimum absolute atomic E-state index is 0.148. The van der Waals surface area contributed by atoms with Crippen LogP contribution in [0.5, 0.6) is 5.75 Å². The number of ether oxygens (including phenoxy) is 3. The van der Waals surface area contributed by atoms with E-state index in [-0.39, 0.29) is 17.7 Å². The van der Waals surface area contributed by atoms with Gasteiger partial charge in [0.15, 0.2) is 11.6 Å². The first-order chi connectivity index (χ1) is 10.1. The first-order valence-electron chi connectivity index (χ1n) is 6.44. The van der Waals surface area contributed by atoms with Gasteiger partial charge in [0.2, 0.25) is 0 Å². The van der Waals surface area contributed by atoms with Crippen LogP contribution in [-0.4, -0.2) is 43.6 Å². The van der Waals surface area contributed by atoms with Crippen LogP contribution in [0.2, 0.25) is 0 Å². The number of fused-ring (bicyclic) bond motifs is 1. The zero-order valence-corrected chi connectivity index (χ0v) is 13.0. The quantitative estimate of drug-likeness (QED) is 0.737. The van der Waals surface area contributed by atoms with Crippen molar-refractivity contribution in [3.05, 3.63) is 23.8 Å². The molecule has 0 bridgehead atoms. The fraction of sp³-hybridized carbons (Fsp3) is 0.500. The lowest BCUT2D eigenvalue weighted by molar-refractivity contribution is 0.0186. The van der Waals surface area contributed by atoms with E-state index in [2.05, 4.69) is 4.98 Å². The SMILES string of the molecule is COCC(Cn1c(CCl)nc2cc(F)c(OC)cc21)OC. The summed E-state index contributed by atoms with van der Waals surface area (Å²) in [4.78, 5) is 4.35. The summed E-state index contributed by atoms with van der Waals surface area (Å²) >= 11 is 5.94. The maximum absolute atomic E-state index is 13.8. The lowest BCUT2D eigenvalue weighted by Crippen LogP contribution is -2.24. The van der Waals surface area contributed by atoms with Crippen molar-refractivity contribution in [1.29, 1.82) is 0 Å². The van der Waals surface area contributed by atoms with Crippen LogP contribution in [0.25, 0.3) is 11.0 Å². The first-order valence-corrected chi connectivity index (χ1v) is 6.98. The van der Waals surface area contributed by atoms with Gasteiger partial charge in [-0.15, -0.1) is 11.6 Å². The normalized spacial score (nSPS) is 12.8. The third kappa shape index (κ3) is 3.28. The highest BCUT2D eigenvalue weighted by Crippen LogP contribution is 2.26. The number of imidazole rings is 1. The summed E-state index contributed by atoms with van der Waals surface area (Å²) < 4.78 is 31.2. The largest absolute Gasteiger partial charge is 0.494 e. The molecule has 0 aliphatic rings. The molecule has 0 amide bonds. The van der Waals surface area contributed by atoms with Gasteiger partial charge in [0, 0.05) is 26.4 Å². The average molecular weight is 317 g/mol. The number of halogens is 2. The molecule has 116 valence electrons. The molecule has 1 heterocycles. The molecule has 0 saturated heterocycles. The van der Waals surface area contributed by atoms with Gasteiger partial charge < -0.3 is 18.8 Å². The molecule has 5 nitrogen and oxygen atoms in total. The summed E-state index contributed by atoms with van der Waals surface area (Å²) in [6, 6.07) is 2.96. The minimum Gasteiger partial charge on any atom is -0.494 e. The Balaban J connectivity index is 2.48. The van der Waals surface area contributed by atoms with E-state index >= 15 is 0 Å². The molecule has 0 fully saturated rings. The van der Waals surface area contributed by atoms with E-state index in [0.29, 0.717) is 24.5 Å². The highest BCUT2D eigenvalue weighted by molar-refractivity contribution is 6.16. The number of rotatable bonds is 7. The van der Waals surface area contributed by atoms with Crippen molar-refractivity contribution < 1.29 is 18.6 Å². The van der Waals surface area contributed by atoms with E-state index in [9.17, 15) is 4.39 Å². The highest BCUT2D eigenvalue weighted by Gasteiger charge is 2.17. The van der Waals surface area contributed by atoms with Crippen LogP contribution < -0.4 is 4.74 Å². The summed E-state index contributed by atoms with van der Waals surface area (Å²) in [5.74, 6) is 0.598. The third-order valence-corrected chi connectivity index (χ3v) is 3.53. The second-order valence-electron chi connectivity index (χ2n) is 4.56. The van der Waals surface area contributed by atoms with Crippen molar-refractivity contribution in [3.63, 3.8) is 0 Å². The van der Waals surface area contributed by atoms with Gasteiger partial charge in [-0.3, -0.25) is 0 Å².